The van der Waals surface area contributed by atoms with E-state index in [1.54, 1.807) is 25.1 Å². The van der Waals surface area contributed by atoms with Crippen molar-refractivity contribution in [2.75, 3.05) is 0 Å². The summed E-state index contributed by atoms with van der Waals surface area (Å²) in [4.78, 5) is 14.9. The first-order valence-corrected chi connectivity index (χ1v) is 7.51. The molecule has 0 radical (unpaired) electrons. The molecule has 0 unspecified atom stereocenters. The number of alkyl halides is 2. The number of pyridine rings is 1. The van der Waals surface area contributed by atoms with Gasteiger partial charge in [0.1, 0.15) is 0 Å². The van der Waals surface area contributed by atoms with Crippen LogP contribution in [0.5, 0.6) is 0 Å². The Labute approximate surface area is 134 Å². The van der Waals surface area contributed by atoms with Gasteiger partial charge in [0.2, 0.25) is 0 Å². The van der Waals surface area contributed by atoms with Crippen molar-refractivity contribution in [3.8, 4) is 0 Å². The van der Waals surface area contributed by atoms with Crippen molar-refractivity contribution in [3.05, 3.63) is 55.9 Å². The van der Waals surface area contributed by atoms with Crippen LogP contribution in [0.3, 0.4) is 0 Å². The first-order chi connectivity index (χ1) is 9.70. The average molecular weight is 350 g/mol. The van der Waals surface area contributed by atoms with Gasteiger partial charge in [0.15, 0.2) is 0 Å². The summed E-state index contributed by atoms with van der Waals surface area (Å²) in [6.45, 7) is 2.29. The zero-order valence-electron chi connectivity index (χ0n) is 11.1. The number of hydrogen-bond donors (Lipinski definition) is 1. The lowest BCUT2D eigenvalue weighted by Crippen LogP contribution is -2.19. The number of halogens is 4. The molecule has 2 rings (SSSR count). The molecule has 21 heavy (non-hydrogen) atoms. The van der Waals surface area contributed by atoms with Crippen LogP contribution >= 0.6 is 35.0 Å². The Morgan fingerprint density at radius 1 is 1.24 bits per heavy atom. The van der Waals surface area contributed by atoms with Crippen LogP contribution in [0.25, 0.3) is 0 Å². The predicted molar refractivity (Wildman–Crippen MR) is 82.0 cm³/mol. The van der Waals surface area contributed by atoms with E-state index in [1.165, 1.54) is 6.07 Å². The fraction of sp³-hybridized carbons (Fsp3) is 0.214. The molecule has 0 fully saturated rings. The molecule has 0 atom stereocenters. The molecule has 0 aliphatic heterocycles. The Morgan fingerprint density at radius 3 is 2.33 bits per heavy atom. The number of rotatable bonds is 3. The molecule has 112 valence electrons. The fourth-order valence-electron chi connectivity index (χ4n) is 1.64. The van der Waals surface area contributed by atoms with E-state index in [0.29, 0.717) is 25.4 Å². The largest absolute Gasteiger partial charge is 0.321 e. The zero-order chi connectivity index (χ0) is 15.8. The predicted octanol–water partition coefficient (Wildman–Crippen LogP) is 5.25. The van der Waals surface area contributed by atoms with Crippen LogP contribution < -0.4 is 5.56 Å². The van der Waals surface area contributed by atoms with Crippen molar-refractivity contribution in [1.29, 1.82) is 0 Å². The SMILES string of the molecule is Cc1c(Sc2c(Cl)cccc2Cl)cc(C(C)(F)F)[nH]c1=O. The van der Waals surface area contributed by atoms with Gasteiger partial charge in [-0.3, -0.25) is 4.79 Å². The van der Waals surface area contributed by atoms with Gasteiger partial charge in [0.05, 0.1) is 15.7 Å². The van der Waals surface area contributed by atoms with Crippen molar-refractivity contribution >= 4 is 35.0 Å². The van der Waals surface area contributed by atoms with Crippen molar-refractivity contribution in [2.24, 2.45) is 0 Å². The topological polar surface area (TPSA) is 32.9 Å². The van der Waals surface area contributed by atoms with E-state index in [9.17, 15) is 13.6 Å². The minimum atomic E-state index is -3.13. The number of nitrogens with one attached hydrogen (secondary N) is 1. The number of benzene rings is 1. The summed E-state index contributed by atoms with van der Waals surface area (Å²) >= 11 is 13.2. The standard InChI is InChI=1S/C14H11Cl2F2NOS/c1-7-10(6-11(14(2,17)18)19-13(7)20)21-12-8(15)4-3-5-9(12)16/h3-6H,1-2H3,(H,19,20). The van der Waals surface area contributed by atoms with Crippen molar-refractivity contribution in [2.45, 2.75) is 29.6 Å². The van der Waals surface area contributed by atoms with Crippen molar-refractivity contribution < 1.29 is 8.78 Å². The fourth-order valence-corrected chi connectivity index (χ4v) is 3.24. The average Bonchev–Trinajstić information content (AvgIpc) is 2.37. The summed E-state index contributed by atoms with van der Waals surface area (Å²) in [7, 11) is 0. The molecule has 1 aromatic heterocycles. The van der Waals surface area contributed by atoms with E-state index in [4.69, 9.17) is 23.2 Å². The highest BCUT2D eigenvalue weighted by atomic mass is 35.5. The normalized spacial score (nSPS) is 11.7. The molecule has 0 saturated carbocycles. The Balaban J connectivity index is 2.54. The first-order valence-electron chi connectivity index (χ1n) is 5.94. The summed E-state index contributed by atoms with van der Waals surface area (Å²) in [5, 5.41) is 0.800. The lowest BCUT2D eigenvalue weighted by molar-refractivity contribution is 0.0122. The third-order valence-electron chi connectivity index (χ3n) is 2.84. The Hall–Kier alpha value is -1.04. The van der Waals surface area contributed by atoms with E-state index >= 15 is 0 Å². The number of hydrogen-bond acceptors (Lipinski definition) is 2. The second-order valence-corrected chi connectivity index (χ2v) is 6.41. The second kappa shape index (κ2) is 5.99. The highest BCUT2D eigenvalue weighted by Gasteiger charge is 2.27. The van der Waals surface area contributed by atoms with Gasteiger partial charge in [-0.05, 0) is 25.1 Å². The van der Waals surface area contributed by atoms with Crippen LogP contribution in [0.4, 0.5) is 8.78 Å². The maximum atomic E-state index is 13.4. The number of aromatic amines is 1. The van der Waals surface area contributed by atoms with Crippen LogP contribution in [-0.4, -0.2) is 4.98 Å². The van der Waals surface area contributed by atoms with Gasteiger partial charge >= 0.3 is 0 Å². The van der Waals surface area contributed by atoms with Crippen LogP contribution in [0.2, 0.25) is 10.0 Å². The van der Waals surface area contributed by atoms with Crippen molar-refractivity contribution in [1.82, 2.24) is 4.98 Å². The van der Waals surface area contributed by atoms with Crippen LogP contribution in [0.1, 0.15) is 18.2 Å². The van der Waals surface area contributed by atoms with Gasteiger partial charge in [0, 0.05) is 22.3 Å². The molecule has 7 heteroatoms. The smallest absolute Gasteiger partial charge is 0.284 e. The highest BCUT2D eigenvalue weighted by Crippen LogP contribution is 2.40. The lowest BCUT2D eigenvalue weighted by atomic mass is 10.2. The van der Waals surface area contributed by atoms with Crippen LogP contribution in [-0.2, 0) is 5.92 Å². The highest BCUT2D eigenvalue weighted by molar-refractivity contribution is 7.99. The Kier molecular flexibility index (Phi) is 4.66. The summed E-state index contributed by atoms with van der Waals surface area (Å²) in [6.07, 6.45) is 0. The minimum Gasteiger partial charge on any atom is -0.321 e. The summed E-state index contributed by atoms with van der Waals surface area (Å²) < 4.78 is 26.8. The van der Waals surface area contributed by atoms with E-state index < -0.39 is 17.2 Å². The molecule has 2 aromatic rings. The number of aromatic nitrogens is 1. The quantitative estimate of drug-likeness (QED) is 0.820. The molecule has 1 aromatic carbocycles. The molecule has 0 amide bonds. The van der Waals surface area contributed by atoms with Gasteiger partial charge in [-0.1, -0.05) is 41.0 Å². The number of H-pyrrole nitrogens is 1. The van der Waals surface area contributed by atoms with Gasteiger partial charge in [0.25, 0.3) is 11.5 Å². The molecular weight excluding hydrogens is 339 g/mol. The van der Waals surface area contributed by atoms with Gasteiger partial charge in [-0.2, -0.15) is 0 Å². The molecule has 0 aliphatic carbocycles. The van der Waals surface area contributed by atoms with Gasteiger partial charge < -0.3 is 4.98 Å². The van der Waals surface area contributed by atoms with E-state index in [2.05, 4.69) is 4.98 Å². The van der Waals surface area contributed by atoms with Crippen molar-refractivity contribution in [3.63, 3.8) is 0 Å². The molecule has 0 spiro atoms. The summed E-state index contributed by atoms with van der Waals surface area (Å²) in [6, 6.07) is 6.23. The summed E-state index contributed by atoms with van der Waals surface area (Å²) in [5.41, 5.74) is -0.660. The third-order valence-corrected chi connectivity index (χ3v) is 4.98. The first kappa shape index (κ1) is 16.3. The summed E-state index contributed by atoms with van der Waals surface area (Å²) in [5.74, 6) is -3.13. The molecule has 0 saturated heterocycles. The maximum absolute atomic E-state index is 13.4. The van der Waals surface area contributed by atoms with E-state index in [-0.39, 0.29) is 0 Å². The third kappa shape index (κ3) is 3.59. The van der Waals surface area contributed by atoms with Crippen LogP contribution in [0, 0.1) is 6.92 Å². The maximum Gasteiger partial charge on any atom is 0.284 e. The molecule has 1 heterocycles. The Morgan fingerprint density at radius 2 is 1.81 bits per heavy atom. The lowest BCUT2D eigenvalue weighted by Gasteiger charge is -2.14. The molecule has 0 bridgehead atoms. The van der Waals surface area contributed by atoms with Gasteiger partial charge in [-0.25, -0.2) is 8.78 Å². The second-order valence-electron chi connectivity index (χ2n) is 4.54. The molecule has 0 aliphatic rings. The van der Waals surface area contributed by atoms with Crippen LogP contribution in [0.15, 0.2) is 38.9 Å². The van der Waals surface area contributed by atoms with E-state index in [1.807, 2.05) is 0 Å². The molecule has 1 N–H and O–H groups in total. The van der Waals surface area contributed by atoms with E-state index in [0.717, 1.165) is 18.7 Å². The minimum absolute atomic E-state index is 0.337. The molecule has 2 nitrogen and oxygen atoms in total. The Bertz CT molecular complexity index is 720. The molecular formula is C14H11Cl2F2NOS. The van der Waals surface area contributed by atoms with Gasteiger partial charge in [-0.15, -0.1) is 0 Å². The monoisotopic (exact) mass is 349 g/mol. The zero-order valence-corrected chi connectivity index (χ0v) is 13.5.